The van der Waals surface area contributed by atoms with Crippen molar-refractivity contribution in [2.75, 3.05) is 0 Å². The molecule has 0 saturated heterocycles. The second kappa shape index (κ2) is 12.8. The van der Waals surface area contributed by atoms with Crippen LogP contribution in [-0.2, 0) is 0 Å². The molecule has 2 saturated carbocycles. The average Bonchev–Trinajstić information content (AvgIpc) is 2.64. The van der Waals surface area contributed by atoms with E-state index in [1.165, 1.54) is 51.4 Å². The maximum absolute atomic E-state index is 10.2. The number of aliphatic hydroxyl groups is 2. The highest BCUT2D eigenvalue weighted by Crippen LogP contribution is 2.43. The van der Waals surface area contributed by atoms with Gasteiger partial charge in [0.05, 0.1) is 12.2 Å². The minimum Gasteiger partial charge on any atom is -0.393 e. The van der Waals surface area contributed by atoms with Gasteiger partial charge < -0.3 is 10.2 Å². The first-order chi connectivity index (χ1) is 14.9. The fraction of sp³-hybridized carbons (Fsp3) is 1.00. The third-order valence-corrected chi connectivity index (χ3v) is 8.47. The normalized spacial score (nSPS) is 31.8. The summed E-state index contributed by atoms with van der Waals surface area (Å²) in [6, 6.07) is 0. The Morgan fingerprint density at radius 2 is 1.09 bits per heavy atom. The fourth-order valence-electron chi connectivity index (χ4n) is 6.00. The van der Waals surface area contributed by atoms with Crippen molar-refractivity contribution in [3.63, 3.8) is 0 Å². The van der Waals surface area contributed by atoms with Crippen LogP contribution in [0.15, 0.2) is 0 Å². The van der Waals surface area contributed by atoms with E-state index >= 15 is 0 Å². The number of hydrogen-bond donors (Lipinski definition) is 2. The fourth-order valence-corrected chi connectivity index (χ4v) is 6.00. The Morgan fingerprint density at radius 1 is 0.636 bits per heavy atom. The molecule has 2 aliphatic carbocycles. The summed E-state index contributed by atoms with van der Waals surface area (Å²) < 4.78 is 0. The summed E-state index contributed by atoms with van der Waals surface area (Å²) in [4.78, 5) is 0. The predicted octanol–water partition coefficient (Wildman–Crippen LogP) is 8.88. The highest BCUT2D eigenvalue weighted by atomic mass is 16.3. The second-order valence-corrected chi connectivity index (χ2v) is 15.6. The summed E-state index contributed by atoms with van der Waals surface area (Å²) in [6.07, 6.45) is 12.2. The molecule has 0 aliphatic heterocycles. The van der Waals surface area contributed by atoms with Gasteiger partial charge in [-0.1, -0.05) is 76.2 Å². The van der Waals surface area contributed by atoms with E-state index in [1.54, 1.807) is 0 Å². The van der Waals surface area contributed by atoms with E-state index in [9.17, 15) is 10.2 Å². The van der Waals surface area contributed by atoms with Crippen molar-refractivity contribution < 1.29 is 10.2 Å². The molecule has 0 aromatic heterocycles. The largest absolute Gasteiger partial charge is 0.393 e. The van der Waals surface area contributed by atoms with Crippen molar-refractivity contribution >= 4 is 0 Å². The van der Waals surface area contributed by atoms with E-state index in [1.807, 2.05) is 0 Å². The molecule has 0 aromatic rings. The maximum Gasteiger partial charge on any atom is 0.0573 e. The highest BCUT2D eigenvalue weighted by Gasteiger charge is 2.37. The molecule has 2 fully saturated rings. The molecule has 6 atom stereocenters. The average molecular weight is 467 g/mol. The van der Waals surface area contributed by atoms with Gasteiger partial charge in [-0.3, -0.25) is 0 Å². The van der Waals surface area contributed by atoms with Crippen LogP contribution < -0.4 is 0 Å². The zero-order valence-corrected chi connectivity index (χ0v) is 24.5. The van der Waals surface area contributed by atoms with Crippen LogP contribution in [0.1, 0.15) is 140 Å². The van der Waals surface area contributed by atoms with Gasteiger partial charge in [-0.15, -0.1) is 0 Å². The molecular formula is C31H62O2. The SMILES string of the molecule is CC(C)(C)CCC1CCC(O)C(C(C)(C)C)C1.CC(C)C1CCC(CCC(C)(C)C)CC1O. The molecule has 0 amide bonds. The van der Waals surface area contributed by atoms with Crippen LogP contribution in [-0.4, -0.2) is 22.4 Å². The first kappa shape index (κ1) is 31.0. The third-order valence-electron chi connectivity index (χ3n) is 8.47. The topological polar surface area (TPSA) is 40.5 Å². The Hall–Kier alpha value is -0.0800. The molecule has 2 nitrogen and oxygen atoms in total. The van der Waals surface area contributed by atoms with Crippen molar-refractivity contribution in [2.45, 2.75) is 153 Å². The molecule has 0 aromatic carbocycles. The molecule has 2 rings (SSSR count). The van der Waals surface area contributed by atoms with Gasteiger partial charge in [0.1, 0.15) is 0 Å². The van der Waals surface area contributed by atoms with E-state index in [2.05, 4.69) is 76.2 Å². The zero-order valence-electron chi connectivity index (χ0n) is 24.5. The molecule has 0 bridgehead atoms. The van der Waals surface area contributed by atoms with Crippen molar-refractivity contribution in [3.8, 4) is 0 Å². The van der Waals surface area contributed by atoms with Crippen LogP contribution in [0.25, 0.3) is 0 Å². The van der Waals surface area contributed by atoms with E-state index in [-0.39, 0.29) is 17.6 Å². The number of rotatable bonds is 5. The monoisotopic (exact) mass is 466 g/mol. The van der Waals surface area contributed by atoms with Gasteiger partial charge in [-0.25, -0.2) is 0 Å². The summed E-state index contributed by atoms with van der Waals surface area (Å²) in [7, 11) is 0. The Morgan fingerprint density at radius 3 is 1.48 bits per heavy atom. The smallest absolute Gasteiger partial charge is 0.0573 e. The number of aliphatic hydroxyl groups excluding tert-OH is 2. The molecule has 33 heavy (non-hydrogen) atoms. The minimum absolute atomic E-state index is 0.0429. The molecule has 2 heteroatoms. The van der Waals surface area contributed by atoms with E-state index < -0.39 is 0 Å². The van der Waals surface area contributed by atoms with Crippen molar-refractivity contribution in [1.82, 2.24) is 0 Å². The summed E-state index contributed by atoms with van der Waals surface area (Å²) >= 11 is 0. The van der Waals surface area contributed by atoms with Crippen LogP contribution in [0, 0.1) is 45.8 Å². The molecule has 0 spiro atoms. The van der Waals surface area contributed by atoms with Gasteiger partial charge in [0.15, 0.2) is 0 Å². The molecule has 0 radical (unpaired) electrons. The lowest BCUT2D eigenvalue weighted by molar-refractivity contribution is -0.0109. The lowest BCUT2D eigenvalue weighted by Gasteiger charge is -2.41. The van der Waals surface area contributed by atoms with Gasteiger partial charge in [-0.05, 0) is 110 Å². The molecule has 2 aliphatic rings. The van der Waals surface area contributed by atoms with Gasteiger partial charge in [0.2, 0.25) is 0 Å². The Balaban J connectivity index is 0.000000331. The van der Waals surface area contributed by atoms with Gasteiger partial charge in [-0.2, -0.15) is 0 Å². The summed E-state index contributed by atoms with van der Waals surface area (Å²) in [6.45, 7) is 25.2. The van der Waals surface area contributed by atoms with Crippen molar-refractivity contribution in [1.29, 1.82) is 0 Å². The van der Waals surface area contributed by atoms with Crippen LogP contribution in [0.5, 0.6) is 0 Å². The highest BCUT2D eigenvalue weighted by molar-refractivity contribution is 4.87. The predicted molar refractivity (Wildman–Crippen MR) is 145 cm³/mol. The second-order valence-electron chi connectivity index (χ2n) is 15.6. The minimum atomic E-state index is -0.0686. The first-order valence-corrected chi connectivity index (χ1v) is 14.2. The van der Waals surface area contributed by atoms with E-state index in [0.717, 1.165) is 24.7 Å². The third kappa shape index (κ3) is 12.4. The zero-order chi connectivity index (χ0) is 25.6. The maximum atomic E-state index is 10.2. The molecule has 2 N–H and O–H groups in total. The van der Waals surface area contributed by atoms with Crippen LogP contribution in [0.4, 0.5) is 0 Å². The first-order valence-electron chi connectivity index (χ1n) is 14.2. The Bertz CT molecular complexity index is 531. The summed E-state index contributed by atoms with van der Waals surface area (Å²) in [5, 5.41) is 20.3. The van der Waals surface area contributed by atoms with Gasteiger partial charge in [0.25, 0.3) is 0 Å². The standard InChI is InChI=1S/C16H32O.C15H30O/c1-15(2,3)10-9-12-7-8-14(17)13(11-12)16(4,5)6;1-11(2)13-7-6-12(10-14(13)16)8-9-15(3,4)5/h12-14,17H,7-11H2,1-6H3;11-14,16H,6-10H2,1-5H3. The van der Waals surface area contributed by atoms with Gasteiger partial charge >= 0.3 is 0 Å². The molecular weight excluding hydrogens is 404 g/mol. The number of hydrogen-bond acceptors (Lipinski definition) is 2. The van der Waals surface area contributed by atoms with Crippen LogP contribution in [0.2, 0.25) is 0 Å². The molecule has 0 heterocycles. The van der Waals surface area contributed by atoms with E-state index in [0.29, 0.717) is 28.6 Å². The summed E-state index contributed by atoms with van der Waals surface area (Å²) in [5.41, 5.74) is 1.15. The summed E-state index contributed by atoms with van der Waals surface area (Å²) in [5.74, 6) is 3.27. The molecule has 6 unspecified atom stereocenters. The quantitative estimate of drug-likeness (QED) is 0.424. The van der Waals surface area contributed by atoms with Crippen molar-refractivity contribution in [2.24, 2.45) is 45.8 Å². The lowest BCUT2D eigenvalue weighted by Crippen LogP contribution is -2.37. The van der Waals surface area contributed by atoms with Crippen LogP contribution >= 0.6 is 0 Å². The van der Waals surface area contributed by atoms with Crippen molar-refractivity contribution in [3.05, 3.63) is 0 Å². The van der Waals surface area contributed by atoms with E-state index in [4.69, 9.17) is 0 Å². The molecule has 198 valence electrons. The Labute approximate surface area is 208 Å². The van der Waals surface area contributed by atoms with Gasteiger partial charge in [0, 0.05) is 0 Å². The Kier molecular flexibility index (Phi) is 12.0. The van der Waals surface area contributed by atoms with Crippen LogP contribution in [0.3, 0.4) is 0 Å². The lowest BCUT2D eigenvalue weighted by atomic mass is 9.66.